The third-order valence-corrected chi connectivity index (χ3v) is 4.65. The van der Waals surface area contributed by atoms with Gasteiger partial charge >= 0.3 is 0 Å². The van der Waals surface area contributed by atoms with Crippen molar-refractivity contribution >= 4 is 17.7 Å². The zero-order chi connectivity index (χ0) is 17.6. The van der Waals surface area contributed by atoms with Crippen molar-refractivity contribution in [3.05, 3.63) is 5.89 Å². The minimum Gasteiger partial charge on any atom is -0.414 e. The van der Waals surface area contributed by atoms with Gasteiger partial charge in [-0.15, -0.1) is 10.2 Å². The van der Waals surface area contributed by atoms with E-state index < -0.39 is 5.54 Å². The second-order valence-electron chi connectivity index (χ2n) is 6.10. The number of carbonyl (C=O) groups is 1. The Kier molecular flexibility index (Phi) is 7.03. The molecule has 8 heteroatoms. The summed E-state index contributed by atoms with van der Waals surface area (Å²) in [7, 11) is 3.90. The largest absolute Gasteiger partial charge is 0.414 e. The normalized spacial score (nSPS) is 15.3. The Labute approximate surface area is 141 Å². The van der Waals surface area contributed by atoms with Gasteiger partial charge in [0, 0.05) is 0 Å². The first-order chi connectivity index (χ1) is 10.7. The average Bonchev–Trinajstić information content (AvgIpc) is 2.93. The maximum absolute atomic E-state index is 12.0. The van der Waals surface area contributed by atoms with Gasteiger partial charge in [-0.2, -0.15) is 5.26 Å². The fourth-order valence-electron chi connectivity index (χ4n) is 1.93. The number of nitriles is 1. The maximum Gasteiger partial charge on any atom is 0.277 e. The van der Waals surface area contributed by atoms with Crippen molar-refractivity contribution in [1.29, 1.82) is 5.26 Å². The highest BCUT2D eigenvalue weighted by atomic mass is 32.2. The van der Waals surface area contributed by atoms with Crippen LogP contribution in [0.1, 0.15) is 46.0 Å². The Morgan fingerprint density at radius 1 is 1.48 bits per heavy atom. The molecule has 0 aliphatic rings. The van der Waals surface area contributed by atoms with Crippen LogP contribution in [-0.2, 0) is 4.79 Å². The van der Waals surface area contributed by atoms with Crippen LogP contribution in [0, 0.1) is 17.2 Å². The Morgan fingerprint density at radius 2 is 2.13 bits per heavy atom. The lowest BCUT2D eigenvalue weighted by atomic mass is 9.90. The van der Waals surface area contributed by atoms with Crippen molar-refractivity contribution < 1.29 is 9.21 Å². The predicted octanol–water partition coefficient (Wildman–Crippen LogP) is 2.23. The van der Waals surface area contributed by atoms with Crippen molar-refractivity contribution in [2.45, 2.75) is 50.9 Å². The van der Waals surface area contributed by atoms with E-state index >= 15 is 0 Å². The maximum atomic E-state index is 12.0. The molecule has 0 spiro atoms. The molecule has 0 unspecified atom stereocenters. The summed E-state index contributed by atoms with van der Waals surface area (Å²) in [5.74, 6) is 0.461. The van der Waals surface area contributed by atoms with Crippen LogP contribution >= 0.6 is 11.8 Å². The molecule has 0 aliphatic heterocycles. The molecule has 1 aromatic heterocycles. The lowest BCUT2D eigenvalue weighted by molar-refractivity contribution is -0.120. The summed E-state index contributed by atoms with van der Waals surface area (Å²) >= 11 is 1.17. The topological polar surface area (TPSA) is 95.0 Å². The van der Waals surface area contributed by atoms with Gasteiger partial charge in [0.1, 0.15) is 5.54 Å². The molecule has 1 rings (SSSR count). The fourth-order valence-corrected chi connectivity index (χ4v) is 2.50. The first kappa shape index (κ1) is 19.5. The second-order valence-corrected chi connectivity index (χ2v) is 7.03. The minimum absolute atomic E-state index is 0.0156. The summed E-state index contributed by atoms with van der Waals surface area (Å²) in [5.41, 5.74) is -0.879. The van der Waals surface area contributed by atoms with Crippen LogP contribution in [0.15, 0.2) is 9.64 Å². The van der Waals surface area contributed by atoms with Crippen LogP contribution in [0.4, 0.5) is 0 Å². The second kappa shape index (κ2) is 8.31. The third kappa shape index (κ3) is 5.22. The van der Waals surface area contributed by atoms with Crippen molar-refractivity contribution in [3.63, 3.8) is 0 Å². The standard InChI is InChI=1S/C15H25N5O2S/c1-7-11(20(5)6)13-18-19-14(22-13)23-8-12(21)17-15(4,9-16)10(2)3/h10-11H,7-8H2,1-6H3,(H,17,21)/t11-,15-/m1/s1. The minimum atomic E-state index is -0.879. The van der Waals surface area contributed by atoms with Crippen LogP contribution in [-0.4, -0.2) is 46.4 Å². The average molecular weight is 339 g/mol. The van der Waals surface area contributed by atoms with E-state index in [1.165, 1.54) is 11.8 Å². The number of nitrogens with one attached hydrogen (secondary N) is 1. The molecular weight excluding hydrogens is 314 g/mol. The van der Waals surface area contributed by atoms with Crippen LogP contribution < -0.4 is 5.32 Å². The van der Waals surface area contributed by atoms with Crippen molar-refractivity contribution in [2.75, 3.05) is 19.8 Å². The van der Waals surface area contributed by atoms with Gasteiger partial charge in [0.05, 0.1) is 17.9 Å². The lowest BCUT2D eigenvalue weighted by Crippen LogP contribution is -2.49. The number of amides is 1. The predicted molar refractivity (Wildman–Crippen MR) is 88.7 cm³/mol. The fraction of sp³-hybridized carbons (Fsp3) is 0.733. The molecule has 1 amide bonds. The van der Waals surface area contributed by atoms with Gasteiger partial charge in [-0.1, -0.05) is 32.5 Å². The highest BCUT2D eigenvalue weighted by Gasteiger charge is 2.30. The Morgan fingerprint density at radius 3 is 2.61 bits per heavy atom. The molecule has 0 radical (unpaired) electrons. The summed E-state index contributed by atoms with van der Waals surface area (Å²) in [6, 6.07) is 2.21. The Hall–Kier alpha value is -1.59. The number of thioether (sulfide) groups is 1. The van der Waals surface area contributed by atoms with E-state index in [9.17, 15) is 10.1 Å². The van der Waals surface area contributed by atoms with Gasteiger partial charge < -0.3 is 9.73 Å². The van der Waals surface area contributed by atoms with E-state index in [-0.39, 0.29) is 23.6 Å². The molecule has 0 aliphatic carbocycles. The van der Waals surface area contributed by atoms with Crippen LogP contribution in [0.25, 0.3) is 0 Å². The van der Waals surface area contributed by atoms with Crippen LogP contribution in [0.5, 0.6) is 0 Å². The molecule has 1 heterocycles. The Balaban J connectivity index is 2.61. The third-order valence-electron chi connectivity index (χ3n) is 3.83. The van der Waals surface area contributed by atoms with Crippen molar-refractivity contribution in [3.8, 4) is 6.07 Å². The van der Waals surface area contributed by atoms with Gasteiger partial charge in [0.15, 0.2) is 0 Å². The molecule has 7 nitrogen and oxygen atoms in total. The molecule has 1 N–H and O–H groups in total. The number of hydrogen-bond acceptors (Lipinski definition) is 7. The monoisotopic (exact) mass is 339 g/mol. The Bertz CT molecular complexity index is 566. The smallest absolute Gasteiger partial charge is 0.277 e. The highest BCUT2D eigenvalue weighted by Crippen LogP contribution is 2.24. The van der Waals surface area contributed by atoms with Crippen LogP contribution in [0.3, 0.4) is 0 Å². The molecule has 0 fully saturated rings. The van der Waals surface area contributed by atoms with E-state index in [0.717, 1.165) is 6.42 Å². The number of carbonyl (C=O) groups excluding carboxylic acids is 1. The SMILES string of the molecule is CC[C@H](c1nnc(SCC(=O)N[C@](C)(C#N)C(C)C)o1)N(C)C. The quantitative estimate of drug-likeness (QED) is 0.726. The van der Waals surface area contributed by atoms with Gasteiger partial charge in [0.25, 0.3) is 5.22 Å². The molecule has 0 saturated heterocycles. The number of aromatic nitrogens is 2. The van der Waals surface area contributed by atoms with E-state index in [1.54, 1.807) is 6.92 Å². The first-order valence-corrected chi connectivity index (χ1v) is 8.57. The van der Waals surface area contributed by atoms with Crippen molar-refractivity contribution in [1.82, 2.24) is 20.4 Å². The van der Waals surface area contributed by atoms with E-state index in [0.29, 0.717) is 11.1 Å². The molecule has 23 heavy (non-hydrogen) atoms. The van der Waals surface area contributed by atoms with Gasteiger partial charge in [0.2, 0.25) is 11.8 Å². The lowest BCUT2D eigenvalue weighted by Gasteiger charge is -2.27. The van der Waals surface area contributed by atoms with Crippen molar-refractivity contribution in [2.24, 2.45) is 5.92 Å². The molecule has 1 aromatic rings. The summed E-state index contributed by atoms with van der Waals surface area (Å²) < 4.78 is 5.61. The molecule has 2 atom stereocenters. The van der Waals surface area contributed by atoms with E-state index in [4.69, 9.17) is 4.42 Å². The highest BCUT2D eigenvalue weighted by molar-refractivity contribution is 7.99. The number of hydrogen-bond donors (Lipinski definition) is 1. The van der Waals surface area contributed by atoms with E-state index in [1.807, 2.05) is 39.8 Å². The molecular formula is C15H25N5O2S. The number of rotatable bonds is 8. The summed E-state index contributed by atoms with van der Waals surface area (Å²) in [5, 5.41) is 20.3. The zero-order valence-corrected chi connectivity index (χ0v) is 15.4. The van der Waals surface area contributed by atoms with E-state index in [2.05, 4.69) is 21.6 Å². The molecule has 128 valence electrons. The molecule has 0 saturated carbocycles. The first-order valence-electron chi connectivity index (χ1n) is 7.58. The summed E-state index contributed by atoms with van der Waals surface area (Å²) in [6.07, 6.45) is 0.856. The van der Waals surface area contributed by atoms with Gasteiger partial charge in [-0.3, -0.25) is 9.69 Å². The summed E-state index contributed by atoms with van der Waals surface area (Å²) in [6.45, 7) is 7.55. The number of nitrogens with zero attached hydrogens (tertiary/aromatic N) is 4. The van der Waals surface area contributed by atoms with Gasteiger partial charge in [-0.05, 0) is 33.4 Å². The molecule has 0 bridgehead atoms. The van der Waals surface area contributed by atoms with Gasteiger partial charge in [-0.25, -0.2) is 0 Å². The summed E-state index contributed by atoms with van der Waals surface area (Å²) in [4.78, 5) is 14.0. The molecule has 0 aromatic carbocycles. The zero-order valence-electron chi connectivity index (χ0n) is 14.6. The van der Waals surface area contributed by atoms with Crippen LogP contribution in [0.2, 0.25) is 0 Å².